The van der Waals surface area contributed by atoms with Crippen molar-refractivity contribution in [3.63, 3.8) is 0 Å². The molecule has 1 saturated heterocycles. The third-order valence-corrected chi connectivity index (χ3v) is 3.92. The van der Waals surface area contributed by atoms with Crippen LogP contribution in [0.1, 0.15) is 12.8 Å². The van der Waals surface area contributed by atoms with Crippen molar-refractivity contribution in [1.29, 1.82) is 0 Å². The second-order valence-corrected chi connectivity index (χ2v) is 6.05. The highest BCUT2D eigenvalue weighted by Crippen LogP contribution is 2.21. The van der Waals surface area contributed by atoms with Crippen molar-refractivity contribution >= 4 is 21.9 Å². The molecule has 0 aromatic carbocycles. The molecule has 0 bridgehead atoms. The van der Waals surface area contributed by atoms with E-state index in [9.17, 15) is 0 Å². The predicted molar refractivity (Wildman–Crippen MR) is 84.4 cm³/mol. The number of rotatable bonds is 4. The van der Waals surface area contributed by atoms with Gasteiger partial charge in [0.05, 0.1) is 11.1 Å². The van der Waals surface area contributed by atoms with E-state index in [-0.39, 0.29) is 0 Å². The van der Waals surface area contributed by atoms with Crippen molar-refractivity contribution in [3.8, 4) is 5.88 Å². The minimum Gasteiger partial charge on any atom is -0.477 e. The maximum atomic E-state index is 5.76. The number of piperidine rings is 1. The molecule has 0 aliphatic carbocycles. The zero-order chi connectivity index (χ0) is 14.5. The molecule has 110 valence electrons. The largest absolute Gasteiger partial charge is 0.477 e. The Bertz CT molecular complexity index is 564. The van der Waals surface area contributed by atoms with Crippen LogP contribution in [0.15, 0.2) is 41.3 Å². The fourth-order valence-electron chi connectivity index (χ4n) is 2.49. The Morgan fingerprint density at radius 2 is 2.10 bits per heavy atom. The van der Waals surface area contributed by atoms with Crippen molar-refractivity contribution in [3.05, 3.63) is 41.3 Å². The van der Waals surface area contributed by atoms with Crippen LogP contribution in [0.3, 0.4) is 0 Å². The molecule has 6 heteroatoms. The fourth-order valence-corrected chi connectivity index (χ4v) is 2.69. The van der Waals surface area contributed by atoms with Gasteiger partial charge in [-0.3, -0.25) is 0 Å². The van der Waals surface area contributed by atoms with E-state index in [1.54, 1.807) is 18.6 Å². The summed E-state index contributed by atoms with van der Waals surface area (Å²) in [5.41, 5.74) is 0. The average Bonchev–Trinajstić information content (AvgIpc) is 2.55. The lowest BCUT2D eigenvalue weighted by Gasteiger charge is -2.32. The number of aromatic nitrogens is 3. The molecule has 0 spiro atoms. The summed E-state index contributed by atoms with van der Waals surface area (Å²) in [5, 5.41) is 0. The summed E-state index contributed by atoms with van der Waals surface area (Å²) in [4.78, 5) is 15.1. The van der Waals surface area contributed by atoms with Gasteiger partial charge in [0.15, 0.2) is 0 Å². The Hall–Kier alpha value is -1.69. The van der Waals surface area contributed by atoms with E-state index >= 15 is 0 Å². The standard InChI is InChI=1S/C15H17BrN4O/c16-13-8-18-15(19-9-13)20-7-3-4-12(10-20)11-21-14-5-1-2-6-17-14/h1-2,5-6,8-9,12H,3-4,7,10-11H2. The number of hydrogen-bond donors (Lipinski definition) is 0. The number of anilines is 1. The maximum Gasteiger partial charge on any atom is 0.225 e. The first-order valence-electron chi connectivity index (χ1n) is 7.07. The second kappa shape index (κ2) is 6.85. The summed E-state index contributed by atoms with van der Waals surface area (Å²) in [6.07, 6.45) is 7.63. The summed E-state index contributed by atoms with van der Waals surface area (Å²) in [6.45, 7) is 2.61. The summed E-state index contributed by atoms with van der Waals surface area (Å²) in [7, 11) is 0. The van der Waals surface area contributed by atoms with Crippen LogP contribution in [0.25, 0.3) is 0 Å². The quantitative estimate of drug-likeness (QED) is 0.850. The van der Waals surface area contributed by atoms with Crippen LogP contribution in [-0.2, 0) is 0 Å². The van der Waals surface area contributed by atoms with Gasteiger partial charge in [0.2, 0.25) is 11.8 Å². The molecule has 0 amide bonds. The van der Waals surface area contributed by atoms with Gasteiger partial charge in [-0.2, -0.15) is 0 Å². The van der Waals surface area contributed by atoms with Gasteiger partial charge in [-0.05, 0) is 34.8 Å². The summed E-state index contributed by atoms with van der Waals surface area (Å²) in [6, 6.07) is 5.71. The lowest BCUT2D eigenvalue weighted by atomic mass is 9.99. The molecule has 0 radical (unpaired) electrons. The average molecular weight is 349 g/mol. The van der Waals surface area contributed by atoms with Crippen LogP contribution in [0, 0.1) is 5.92 Å². The first kappa shape index (κ1) is 14.3. The van der Waals surface area contributed by atoms with Gasteiger partial charge in [-0.1, -0.05) is 6.07 Å². The van der Waals surface area contributed by atoms with Crippen molar-refractivity contribution in [1.82, 2.24) is 15.0 Å². The van der Waals surface area contributed by atoms with Crippen LogP contribution in [0.2, 0.25) is 0 Å². The molecule has 2 aromatic rings. The first-order valence-corrected chi connectivity index (χ1v) is 7.87. The highest BCUT2D eigenvalue weighted by molar-refractivity contribution is 9.10. The molecular weight excluding hydrogens is 332 g/mol. The predicted octanol–water partition coefficient (Wildman–Crippen LogP) is 2.93. The monoisotopic (exact) mass is 348 g/mol. The Morgan fingerprint density at radius 1 is 1.24 bits per heavy atom. The highest BCUT2D eigenvalue weighted by atomic mass is 79.9. The highest BCUT2D eigenvalue weighted by Gasteiger charge is 2.22. The van der Waals surface area contributed by atoms with Gasteiger partial charge in [-0.15, -0.1) is 0 Å². The Morgan fingerprint density at radius 3 is 2.86 bits per heavy atom. The molecule has 3 heterocycles. The summed E-state index contributed by atoms with van der Waals surface area (Å²) < 4.78 is 6.66. The van der Waals surface area contributed by atoms with Gasteiger partial charge >= 0.3 is 0 Å². The maximum absolute atomic E-state index is 5.76. The zero-order valence-electron chi connectivity index (χ0n) is 11.7. The molecule has 2 aromatic heterocycles. The SMILES string of the molecule is Brc1cnc(N2CCCC(COc3ccccn3)C2)nc1. The van der Waals surface area contributed by atoms with Crippen LogP contribution in [-0.4, -0.2) is 34.6 Å². The number of nitrogens with zero attached hydrogens (tertiary/aromatic N) is 4. The van der Waals surface area contributed by atoms with E-state index in [0.29, 0.717) is 18.4 Å². The molecule has 1 aliphatic rings. The molecule has 0 saturated carbocycles. The third kappa shape index (κ3) is 3.91. The van der Waals surface area contributed by atoms with Crippen molar-refractivity contribution in [2.24, 2.45) is 5.92 Å². The second-order valence-electron chi connectivity index (χ2n) is 5.13. The van der Waals surface area contributed by atoms with E-state index < -0.39 is 0 Å². The van der Waals surface area contributed by atoms with Crippen LogP contribution >= 0.6 is 15.9 Å². The topological polar surface area (TPSA) is 51.1 Å². The molecule has 3 rings (SSSR count). The van der Waals surface area contributed by atoms with E-state index in [4.69, 9.17) is 4.74 Å². The van der Waals surface area contributed by atoms with Crippen LogP contribution in [0.4, 0.5) is 5.95 Å². The van der Waals surface area contributed by atoms with E-state index in [1.165, 1.54) is 6.42 Å². The van der Waals surface area contributed by atoms with Crippen molar-refractivity contribution in [2.75, 3.05) is 24.6 Å². The number of hydrogen-bond acceptors (Lipinski definition) is 5. The van der Waals surface area contributed by atoms with Gasteiger partial charge < -0.3 is 9.64 Å². The minimum absolute atomic E-state index is 0.480. The van der Waals surface area contributed by atoms with Gasteiger partial charge in [0.1, 0.15) is 0 Å². The van der Waals surface area contributed by atoms with E-state index in [2.05, 4.69) is 35.8 Å². The van der Waals surface area contributed by atoms with Gasteiger partial charge in [0.25, 0.3) is 0 Å². The van der Waals surface area contributed by atoms with Crippen molar-refractivity contribution in [2.45, 2.75) is 12.8 Å². The Kier molecular flexibility index (Phi) is 4.65. The molecule has 21 heavy (non-hydrogen) atoms. The smallest absolute Gasteiger partial charge is 0.225 e. The van der Waals surface area contributed by atoms with Crippen LogP contribution < -0.4 is 9.64 Å². The molecule has 1 aliphatic heterocycles. The van der Waals surface area contributed by atoms with Gasteiger partial charge in [-0.25, -0.2) is 15.0 Å². The van der Waals surface area contributed by atoms with Crippen molar-refractivity contribution < 1.29 is 4.74 Å². The van der Waals surface area contributed by atoms with Crippen LogP contribution in [0.5, 0.6) is 5.88 Å². The van der Waals surface area contributed by atoms with E-state index in [1.807, 2.05) is 18.2 Å². The number of pyridine rings is 1. The molecule has 1 fully saturated rings. The Labute approximate surface area is 132 Å². The third-order valence-electron chi connectivity index (χ3n) is 3.51. The molecular formula is C15H17BrN4O. The minimum atomic E-state index is 0.480. The van der Waals surface area contributed by atoms with Gasteiger partial charge in [0, 0.05) is 43.7 Å². The Balaban J connectivity index is 1.57. The summed E-state index contributed by atoms with van der Waals surface area (Å²) >= 11 is 3.36. The lowest BCUT2D eigenvalue weighted by molar-refractivity contribution is 0.221. The number of ether oxygens (including phenoxy) is 1. The first-order chi connectivity index (χ1) is 10.3. The summed E-state index contributed by atoms with van der Waals surface area (Å²) in [5.74, 6) is 1.96. The molecule has 0 N–H and O–H groups in total. The molecule has 5 nitrogen and oxygen atoms in total. The number of halogens is 1. The molecule has 1 unspecified atom stereocenters. The van der Waals surface area contributed by atoms with E-state index in [0.717, 1.165) is 29.9 Å². The molecule has 1 atom stereocenters. The lowest BCUT2D eigenvalue weighted by Crippen LogP contribution is -2.38. The normalized spacial score (nSPS) is 18.5. The fraction of sp³-hybridized carbons (Fsp3) is 0.400. The zero-order valence-corrected chi connectivity index (χ0v) is 13.2.